The highest BCUT2D eigenvalue weighted by atomic mass is 79.9. The van der Waals surface area contributed by atoms with Gasteiger partial charge in [0.05, 0.1) is 17.3 Å². The molecule has 2 aromatic carbocycles. The van der Waals surface area contributed by atoms with Crippen LogP contribution in [0.5, 0.6) is 5.75 Å². The van der Waals surface area contributed by atoms with E-state index < -0.39 is 5.82 Å². The minimum atomic E-state index is -0.408. The Labute approximate surface area is 124 Å². The van der Waals surface area contributed by atoms with Gasteiger partial charge in [0.2, 0.25) is 0 Å². The van der Waals surface area contributed by atoms with E-state index in [1.807, 2.05) is 19.1 Å². The largest absolute Gasteiger partial charge is 0.495 e. The van der Waals surface area contributed by atoms with Crippen LogP contribution in [0.3, 0.4) is 0 Å². The Balaban J connectivity index is 2.25. The molecule has 0 spiro atoms. The minimum Gasteiger partial charge on any atom is -0.495 e. The summed E-state index contributed by atoms with van der Waals surface area (Å²) in [5.74, 6) is -0.151. The Morgan fingerprint density at radius 2 is 2.00 bits per heavy atom. The maximum absolute atomic E-state index is 13.2. The molecule has 2 aromatic rings. The molecule has 1 amide bonds. The molecule has 0 aliphatic heterocycles. The van der Waals surface area contributed by atoms with E-state index in [1.165, 1.54) is 18.2 Å². The lowest BCUT2D eigenvalue weighted by Crippen LogP contribution is -2.12. The molecule has 0 saturated heterocycles. The van der Waals surface area contributed by atoms with E-state index >= 15 is 0 Å². The second-order valence-electron chi connectivity index (χ2n) is 4.29. The van der Waals surface area contributed by atoms with Gasteiger partial charge < -0.3 is 10.1 Å². The van der Waals surface area contributed by atoms with Gasteiger partial charge in [0.1, 0.15) is 11.6 Å². The van der Waals surface area contributed by atoms with Gasteiger partial charge in [-0.1, -0.05) is 6.07 Å². The van der Waals surface area contributed by atoms with Crippen LogP contribution in [0.1, 0.15) is 15.9 Å². The molecule has 0 bridgehead atoms. The summed E-state index contributed by atoms with van der Waals surface area (Å²) in [6, 6.07) is 9.58. The first-order valence-corrected chi connectivity index (χ1v) is 6.71. The predicted octanol–water partition coefficient (Wildman–Crippen LogP) is 4.16. The topological polar surface area (TPSA) is 38.3 Å². The van der Waals surface area contributed by atoms with Crippen molar-refractivity contribution in [1.29, 1.82) is 0 Å². The molecule has 0 saturated carbocycles. The first kappa shape index (κ1) is 14.5. The van der Waals surface area contributed by atoms with Crippen molar-refractivity contribution in [2.24, 2.45) is 0 Å². The first-order chi connectivity index (χ1) is 9.51. The number of carbonyl (C=O) groups is 1. The van der Waals surface area contributed by atoms with Crippen LogP contribution in [0.2, 0.25) is 0 Å². The summed E-state index contributed by atoms with van der Waals surface area (Å²) in [5, 5.41) is 2.74. The molecule has 0 aliphatic rings. The highest BCUT2D eigenvalue weighted by Crippen LogP contribution is 2.26. The Morgan fingerprint density at radius 1 is 1.25 bits per heavy atom. The molecule has 0 atom stereocenters. The third-order valence-corrected chi connectivity index (χ3v) is 3.39. The quantitative estimate of drug-likeness (QED) is 0.913. The number of benzene rings is 2. The monoisotopic (exact) mass is 337 g/mol. The van der Waals surface area contributed by atoms with Crippen molar-refractivity contribution >= 4 is 27.5 Å². The molecule has 0 radical (unpaired) electrons. The summed E-state index contributed by atoms with van der Waals surface area (Å²) in [5.41, 5.74) is 1.97. The zero-order valence-electron chi connectivity index (χ0n) is 11.0. The van der Waals surface area contributed by atoms with Crippen LogP contribution in [-0.4, -0.2) is 13.0 Å². The number of hydrogen-bond acceptors (Lipinski definition) is 2. The Morgan fingerprint density at radius 3 is 2.65 bits per heavy atom. The Kier molecular flexibility index (Phi) is 4.39. The summed E-state index contributed by atoms with van der Waals surface area (Å²) in [6.07, 6.45) is 0. The van der Waals surface area contributed by atoms with Crippen LogP contribution in [-0.2, 0) is 0 Å². The third-order valence-electron chi connectivity index (χ3n) is 2.79. The number of methoxy groups -OCH3 is 1. The average Bonchev–Trinajstić information content (AvgIpc) is 2.43. The number of anilines is 1. The van der Waals surface area contributed by atoms with E-state index in [0.717, 1.165) is 5.56 Å². The van der Waals surface area contributed by atoms with Crippen LogP contribution in [0.4, 0.5) is 10.1 Å². The van der Waals surface area contributed by atoms with Crippen molar-refractivity contribution in [3.8, 4) is 5.75 Å². The molecule has 2 rings (SSSR count). The van der Waals surface area contributed by atoms with Gasteiger partial charge >= 0.3 is 0 Å². The van der Waals surface area contributed by atoms with Gasteiger partial charge in [-0.15, -0.1) is 0 Å². The molecule has 0 aliphatic carbocycles. The smallest absolute Gasteiger partial charge is 0.255 e. The molecule has 0 aromatic heterocycles. The van der Waals surface area contributed by atoms with Crippen molar-refractivity contribution in [2.75, 3.05) is 12.4 Å². The number of nitrogens with one attached hydrogen (secondary N) is 1. The molecule has 0 heterocycles. The number of halogens is 2. The summed E-state index contributed by atoms with van der Waals surface area (Å²) in [7, 11) is 1.54. The predicted molar refractivity (Wildman–Crippen MR) is 79.8 cm³/mol. The maximum atomic E-state index is 13.2. The van der Waals surface area contributed by atoms with Crippen LogP contribution in [0, 0.1) is 12.7 Å². The van der Waals surface area contributed by atoms with E-state index in [0.29, 0.717) is 17.0 Å². The minimum absolute atomic E-state index is 0.251. The normalized spacial score (nSPS) is 10.2. The Bertz CT molecular complexity index is 658. The van der Waals surface area contributed by atoms with Gasteiger partial charge in [-0.3, -0.25) is 4.79 Å². The van der Waals surface area contributed by atoms with Crippen LogP contribution in [0.25, 0.3) is 0 Å². The molecule has 20 heavy (non-hydrogen) atoms. The number of amides is 1. The summed E-state index contributed by atoms with van der Waals surface area (Å²) in [4.78, 5) is 12.1. The molecular formula is C15H13BrFNO2. The van der Waals surface area contributed by atoms with Gasteiger partial charge in [-0.05, 0) is 58.7 Å². The molecule has 0 unspecified atom stereocenters. The maximum Gasteiger partial charge on any atom is 0.255 e. The van der Waals surface area contributed by atoms with Crippen molar-refractivity contribution in [3.63, 3.8) is 0 Å². The fourth-order valence-electron chi connectivity index (χ4n) is 1.73. The SMILES string of the molecule is COc1cc(C)ccc1NC(=O)c1ccc(F)c(Br)c1. The van der Waals surface area contributed by atoms with E-state index in [9.17, 15) is 9.18 Å². The molecule has 5 heteroatoms. The third kappa shape index (κ3) is 3.17. The lowest BCUT2D eigenvalue weighted by Gasteiger charge is -2.11. The van der Waals surface area contributed by atoms with Crippen LogP contribution >= 0.6 is 15.9 Å². The molecular weight excluding hydrogens is 325 g/mol. The number of hydrogen-bond donors (Lipinski definition) is 1. The van der Waals surface area contributed by atoms with Crippen LogP contribution in [0.15, 0.2) is 40.9 Å². The number of ether oxygens (including phenoxy) is 1. The fraction of sp³-hybridized carbons (Fsp3) is 0.133. The lowest BCUT2D eigenvalue weighted by molar-refractivity contribution is 0.102. The molecule has 3 nitrogen and oxygen atoms in total. The number of carbonyl (C=O) groups excluding carboxylic acids is 1. The number of rotatable bonds is 3. The van der Waals surface area contributed by atoms with Crippen molar-refractivity contribution < 1.29 is 13.9 Å². The van der Waals surface area contributed by atoms with E-state index in [-0.39, 0.29) is 10.4 Å². The van der Waals surface area contributed by atoms with Crippen LogP contribution < -0.4 is 10.1 Å². The van der Waals surface area contributed by atoms with Gasteiger partial charge in [0.25, 0.3) is 5.91 Å². The van der Waals surface area contributed by atoms with Crippen molar-refractivity contribution in [2.45, 2.75) is 6.92 Å². The lowest BCUT2D eigenvalue weighted by atomic mass is 10.1. The van der Waals surface area contributed by atoms with Crippen molar-refractivity contribution in [3.05, 3.63) is 57.8 Å². The first-order valence-electron chi connectivity index (χ1n) is 5.92. The van der Waals surface area contributed by atoms with E-state index in [2.05, 4.69) is 21.2 Å². The highest BCUT2D eigenvalue weighted by molar-refractivity contribution is 9.10. The van der Waals surface area contributed by atoms with Gasteiger partial charge in [-0.25, -0.2) is 4.39 Å². The van der Waals surface area contributed by atoms with Gasteiger partial charge in [0.15, 0.2) is 0 Å². The Hall–Kier alpha value is -1.88. The zero-order valence-corrected chi connectivity index (χ0v) is 12.6. The second kappa shape index (κ2) is 6.05. The van der Waals surface area contributed by atoms with E-state index in [4.69, 9.17) is 4.74 Å². The fourth-order valence-corrected chi connectivity index (χ4v) is 2.11. The molecule has 0 fully saturated rings. The van der Waals surface area contributed by atoms with Crippen molar-refractivity contribution in [1.82, 2.24) is 0 Å². The molecule has 104 valence electrons. The summed E-state index contributed by atoms with van der Waals surface area (Å²) < 4.78 is 18.6. The van der Waals surface area contributed by atoms with Gasteiger partial charge in [0, 0.05) is 5.56 Å². The zero-order chi connectivity index (χ0) is 14.7. The number of aryl methyl sites for hydroxylation is 1. The van der Waals surface area contributed by atoms with E-state index in [1.54, 1.807) is 13.2 Å². The summed E-state index contributed by atoms with van der Waals surface area (Å²) in [6.45, 7) is 1.94. The highest BCUT2D eigenvalue weighted by Gasteiger charge is 2.11. The average molecular weight is 338 g/mol. The summed E-state index contributed by atoms with van der Waals surface area (Å²) >= 11 is 3.06. The van der Waals surface area contributed by atoms with Gasteiger partial charge in [-0.2, -0.15) is 0 Å². The standard InChI is InChI=1S/C15H13BrFNO2/c1-9-3-6-13(14(7-9)20-2)18-15(19)10-4-5-12(17)11(16)8-10/h3-8H,1-2H3,(H,18,19). The molecule has 1 N–H and O–H groups in total. The second-order valence-corrected chi connectivity index (χ2v) is 5.14.